The van der Waals surface area contributed by atoms with Gasteiger partial charge in [-0.15, -0.1) is 0 Å². The van der Waals surface area contributed by atoms with Crippen molar-refractivity contribution in [1.29, 1.82) is 0 Å². The van der Waals surface area contributed by atoms with E-state index in [1.165, 1.54) is 37.9 Å². The van der Waals surface area contributed by atoms with E-state index in [4.69, 9.17) is 18.8 Å². The average molecular weight is 715 g/mol. The Labute approximate surface area is 321 Å². The summed E-state index contributed by atoms with van der Waals surface area (Å²) in [6, 6.07) is 63.9. The molecule has 4 heteroatoms. The quantitative estimate of drug-likeness (QED) is 0.167. The molecule has 0 amide bonds. The Bertz CT molecular complexity index is 3470. The second-order valence-corrected chi connectivity index (χ2v) is 14.5. The second-order valence-electron chi connectivity index (χ2n) is 14.5. The molecule has 0 saturated heterocycles. The highest BCUT2D eigenvalue weighted by atomic mass is 16.3. The van der Waals surface area contributed by atoms with Crippen LogP contribution in [-0.4, -0.2) is 9.97 Å². The largest absolute Gasteiger partial charge is 0.456 e. The molecule has 0 aliphatic rings. The topological polar surface area (TPSA) is 52.1 Å². The number of hydrogen-bond donors (Lipinski definition) is 0. The molecule has 4 nitrogen and oxygen atoms in total. The van der Waals surface area contributed by atoms with E-state index in [-0.39, 0.29) is 0 Å². The maximum absolute atomic E-state index is 6.61. The smallest absolute Gasteiger partial charge is 0.180 e. The maximum atomic E-state index is 6.61. The van der Waals surface area contributed by atoms with Crippen LogP contribution in [0.2, 0.25) is 0 Å². The molecule has 56 heavy (non-hydrogen) atoms. The average Bonchev–Trinajstić information content (AvgIpc) is 3.85. The van der Waals surface area contributed by atoms with Gasteiger partial charge in [0, 0.05) is 27.3 Å². The summed E-state index contributed by atoms with van der Waals surface area (Å²) in [6.07, 6.45) is 0. The van der Waals surface area contributed by atoms with Gasteiger partial charge in [0.25, 0.3) is 0 Å². The highest BCUT2D eigenvalue weighted by Crippen LogP contribution is 2.44. The molecule has 3 aromatic heterocycles. The van der Waals surface area contributed by atoms with E-state index in [0.29, 0.717) is 11.4 Å². The lowest BCUT2D eigenvalue weighted by Gasteiger charge is -2.12. The van der Waals surface area contributed by atoms with Gasteiger partial charge in [0.05, 0.1) is 0 Å². The summed E-state index contributed by atoms with van der Waals surface area (Å²) in [4.78, 5) is 10.3. The van der Waals surface area contributed by atoms with Crippen molar-refractivity contribution in [3.8, 4) is 56.0 Å². The first kappa shape index (κ1) is 30.9. The van der Waals surface area contributed by atoms with Crippen molar-refractivity contribution >= 4 is 65.6 Å². The van der Waals surface area contributed by atoms with Gasteiger partial charge in [-0.1, -0.05) is 140 Å². The Kier molecular flexibility index (Phi) is 6.60. The summed E-state index contributed by atoms with van der Waals surface area (Å²) >= 11 is 0. The van der Waals surface area contributed by atoms with Crippen LogP contribution in [0.4, 0.5) is 0 Å². The second kappa shape index (κ2) is 12.0. The summed E-state index contributed by atoms with van der Waals surface area (Å²) in [6.45, 7) is 0. The minimum Gasteiger partial charge on any atom is -0.456 e. The van der Waals surface area contributed by atoms with E-state index >= 15 is 0 Å². The predicted octanol–water partition coefficient (Wildman–Crippen LogP) is 14.4. The van der Waals surface area contributed by atoms with Crippen molar-refractivity contribution in [2.45, 2.75) is 0 Å². The van der Waals surface area contributed by atoms with E-state index < -0.39 is 0 Å². The van der Waals surface area contributed by atoms with Crippen molar-refractivity contribution in [1.82, 2.24) is 9.97 Å². The Balaban J connectivity index is 0.995. The first-order valence-electron chi connectivity index (χ1n) is 18.9. The SMILES string of the molecule is c1ccc(-c2ccc3oc4c(-c5cccc(-c6cccc(-c7ccc8c(c7)c7cccc9oc%10cccc8c%10c97)c6)c5)nc(-c5ccccc5)nc4c3c2)cc1. The van der Waals surface area contributed by atoms with E-state index in [0.717, 1.165) is 72.3 Å². The number of hydrogen-bond acceptors (Lipinski definition) is 4. The summed E-state index contributed by atoms with van der Waals surface area (Å²) < 4.78 is 12.9. The van der Waals surface area contributed by atoms with Crippen LogP contribution < -0.4 is 0 Å². The minimum absolute atomic E-state index is 0.662. The van der Waals surface area contributed by atoms with Gasteiger partial charge in [-0.25, -0.2) is 9.97 Å². The molecular formula is C52H30N2O2. The Morgan fingerprint density at radius 3 is 1.55 bits per heavy atom. The number of aromatic nitrogens is 2. The van der Waals surface area contributed by atoms with Gasteiger partial charge in [-0.3, -0.25) is 0 Å². The van der Waals surface area contributed by atoms with Gasteiger partial charge < -0.3 is 8.83 Å². The van der Waals surface area contributed by atoms with E-state index in [9.17, 15) is 0 Å². The lowest BCUT2D eigenvalue weighted by Crippen LogP contribution is -1.94. The fourth-order valence-corrected chi connectivity index (χ4v) is 8.59. The monoisotopic (exact) mass is 714 g/mol. The van der Waals surface area contributed by atoms with Crippen LogP contribution >= 0.6 is 0 Å². The molecule has 9 aromatic carbocycles. The van der Waals surface area contributed by atoms with Crippen LogP contribution in [0.3, 0.4) is 0 Å². The van der Waals surface area contributed by atoms with Gasteiger partial charge in [0.15, 0.2) is 11.4 Å². The fourth-order valence-electron chi connectivity index (χ4n) is 8.59. The molecule has 0 aliphatic heterocycles. The lowest BCUT2D eigenvalue weighted by molar-refractivity contribution is 0.667. The third-order valence-electron chi connectivity index (χ3n) is 11.2. The van der Waals surface area contributed by atoms with Crippen molar-refractivity contribution in [2.75, 3.05) is 0 Å². The molecule has 0 radical (unpaired) electrons. The summed E-state index contributed by atoms with van der Waals surface area (Å²) in [5, 5.41) is 8.27. The Morgan fingerprint density at radius 1 is 0.304 bits per heavy atom. The van der Waals surface area contributed by atoms with Gasteiger partial charge in [0.2, 0.25) is 0 Å². The number of nitrogens with zero attached hydrogens (tertiary/aromatic N) is 2. The van der Waals surface area contributed by atoms with Crippen LogP contribution in [0, 0.1) is 0 Å². The summed E-state index contributed by atoms with van der Waals surface area (Å²) in [5.41, 5.74) is 13.6. The molecule has 12 rings (SSSR count). The normalized spacial score (nSPS) is 11.9. The van der Waals surface area contributed by atoms with Gasteiger partial charge >= 0.3 is 0 Å². The highest BCUT2D eigenvalue weighted by molar-refractivity contribution is 6.33. The van der Waals surface area contributed by atoms with Crippen molar-refractivity contribution < 1.29 is 8.83 Å². The first-order valence-corrected chi connectivity index (χ1v) is 18.9. The first-order chi connectivity index (χ1) is 27.7. The zero-order chi connectivity index (χ0) is 36.7. The third kappa shape index (κ3) is 4.73. The molecule has 0 unspecified atom stereocenters. The molecule has 0 N–H and O–H groups in total. The molecule has 0 saturated carbocycles. The molecule has 0 bridgehead atoms. The highest BCUT2D eigenvalue weighted by Gasteiger charge is 2.20. The number of rotatable bonds is 5. The molecule has 0 fully saturated rings. The van der Waals surface area contributed by atoms with Crippen LogP contribution in [-0.2, 0) is 0 Å². The van der Waals surface area contributed by atoms with E-state index in [1.807, 2.05) is 30.3 Å². The Hall–Kier alpha value is -7.56. The number of benzene rings is 9. The van der Waals surface area contributed by atoms with Crippen LogP contribution in [0.5, 0.6) is 0 Å². The Morgan fingerprint density at radius 2 is 0.839 bits per heavy atom. The van der Waals surface area contributed by atoms with Crippen molar-refractivity contribution in [2.24, 2.45) is 0 Å². The minimum atomic E-state index is 0.662. The standard InChI is InChI=1S/C52H30N2O2/c1-3-11-31(12-4-1)36-24-26-44-43(30-36)50-51(56-44)49(53-52(54-50)32-13-5-2-6-14-32)38-18-8-17-35(28-38)33-15-7-16-34(27-33)37-23-25-39-40-19-9-21-45-47(40)48-41(42(39)29-37)20-10-22-46(48)55-45/h1-30H. The van der Waals surface area contributed by atoms with Crippen molar-refractivity contribution in [3.05, 3.63) is 182 Å². The van der Waals surface area contributed by atoms with Gasteiger partial charge in [-0.05, 0) is 97.4 Å². The van der Waals surface area contributed by atoms with Gasteiger partial charge in [-0.2, -0.15) is 0 Å². The molecule has 0 spiro atoms. The molecule has 12 aromatic rings. The molecule has 3 heterocycles. The van der Waals surface area contributed by atoms with Gasteiger partial charge in [0.1, 0.15) is 28.0 Å². The molecular weight excluding hydrogens is 685 g/mol. The van der Waals surface area contributed by atoms with Crippen LogP contribution in [0.1, 0.15) is 0 Å². The van der Waals surface area contributed by atoms with Crippen LogP contribution in [0.25, 0.3) is 122 Å². The molecule has 0 atom stereocenters. The summed E-state index contributed by atoms with van der Waals surface area (Å²) in [5.74, 6) is 0.662. The number of fused-ring (bicyclic) bond motifs is 6. The van der Waals surface area contributed by atoms with E-state index in [2.05, 4.69) is 152 Å². The number of furan rings is 2. The van der Waals surface area contributed by atoms with E-state index in [1.54, 1.807) is 0 Å². The van der Waals surface area contributed by atoms with Crippen LogP contribution in [0.15, 0.2) is 191 Å². The zero-order valence-electron chi connectivity index (χ0n) is 30.0. The summed E-state index contributed by atoms with van der Waals surface area (Å²) in [7, 11) is 0. The fraction of sp³-hybridized carbons (Fsp3) is 0. The maximum Gasteiger partial charge on any atom is 0.180 e. The lowest BCUT2D eigenvalue weighted by atomic mass is 9.91. The third-order valence-corrected chi connectivity index (χ3v) is 11.2. The molecule has 260 valence electrons. The van der Waals surface area contributed by atoms with Crippen molar-refractivity contribution in [3.63, 3.8) is 0 Å². The molecule has 0 aliphatic carbocycles. The zero-order valence-corrected chi connectivity index (χ0v) is 30.0. The predicted molar refractivity (Wildman–Crippen MR) is 230 cm³/mol.